The van der Waals surface area contributed by atoms with Crippen LogP contribution in [0.2, 0.25) is 5.02 Å². The summed E-state index contributed by atoms with van der Waals surface area (Å²) in [4.78, 5) is 40.0. The van der Waals surface area contributed by atoms with E-state index in [-0.39, 0.29) is 17.5 Å². The molecule has 32 heavy (non-hydrogen) atoms. The molecule has 1 aliphatic heterocycles. The molecule has 0 radical (unpaired) electrons. The number of halogens is 1. The van der Waals surface area contributed by atoms with Crippen molar-refractivity contribution in [2.75, 3.05) is 6.54 Å². The number of H-pyrrole nitrogens is 1. The highest BCUT2D eigenvalue weighted by atomic mass is 35.5. The van der Waals surface area contributed by atoms with Crippen molar-refractivity contribution >= 4 is 39.1 Å². The summed E-state index contributed by atoms with van der Waals surface area (Å²) in [6, 6.07) is 7.40. The fraction of sp³-hybridized carbons (Fsp3) is 0.304. The van der Waals surface area contributed by atoms with Gasteiger partial charge in [0.1, 0.15) is 16.6 Å². The molecule has 1 aromatic carbocycles. The second-order valence-corrected chi connectivity index (χ2v) is 9.39. The van der Waals surface area contributed by atoms with Crippen molar-refractivity contribution < 1.29 is 9.21 Å². The lowest BCUT2D eigenvalue weighted by Gasteiger charge is -2.33. The predicted molar refractivity (Wildman–Crippen MR) is 123 cm³/mol. The van der Waals surface area contributed by atoms with Gasteiger partial charge in [0, 0.05) is 18.0 Å². The van der Waals surface area contributed by atoms with Crippen molar-refractivity contribution in [1.82, 2.24) is 19.9 Å². The van der Waals surface area contributed by atoms with Gasteiger partial charge < -0.3 is 14.3 Å². The number of piperidine rings is 1. The molecule has 0 saturated carbocycles. The summed E-state index contributed by atoms with van der Waals surface area (Å²) in [5.41, 5.74) is 1.48. The fourth-order valence-corrected chi connectivity index (χ4v) is 5.57. The summed E-state index contributed by atoms with van der Waals surface area (Å²) in [7, 11) is 0. The van der Waals surface area contributed by atoms with Crippen molar-refractivity contribution in [2.24, 2.45) is 0 Å². The second kappa shape index (κ2) is 8.52. The Bertz CT molecular complexity index is 1360. The zero-order chi connectivity index (χ0) is 22.2. The van der Waals surface area contributed by atoms with E-state index in [1.807, 2.05) is 29.2 Å². The van der Waals surface area contributed by atoms with E-state index in [0.717, 1.165) is 30.6 Å². The number of fused-ring (bicyclic) bond motifs is 1. The monoisotopic (exact) mass is 468 g/mol. The first-order valence-electron chi connectivity index (χ1n) is 10.5. The Labute approximate surface area is 193 Å². The van der Waals surface area contributed by atoms with Crippen LogP contribution in [0.5, 0.6) is 0 Å². The van der Waals surface area contributed by atoms with Crippen molar-refractivity contribution in [3.63, 3.8) is 0 Å². The van der Waals surface area contributed by atoms with Crippen molar-refractivity contribution in [2.45, 2.75) is 38.6 Å². The van der Waals surface area contributed by atoms with E-state index in [1.54, 1.807) is 13.1 Å². The first-order chi connectivity index (χ1) is 15.5. The van der Waals surface area contributed by atoms with E-state index < -0.39 is 0 Å². The van der Waals surface area contributed by atoms with Gasteiger partial charge in [-0.05, 0) is 49.4 Å². The molecule has 1 atom stereocenters. The molecule has 1 fully saturated rings. The number of nitrogens with one attached hydrogen (secondary N) is 1. The number of nitrogens with zero attached hydrogens (tertiary/aromatic N) is 3. The van der Waals surface area contributed by atoms with E-state index >= 15 is 0 Å². The Morgan fingerprint density at radius 2 is 2.22 bits per heavy atom. The molecule has 5 rings (SSSR count). The van der Waals surface area contributed by atoms with Gasteiger partial charge in [-0.15, -0.1) is 11.3 Å². The summed E-state index contributed by atoms with van der Waals surface area (Å²) in [6.45, 7) is 2.42. The Kier molecular flexibility index (Phi) is 5.57. The number of aromatic amines is 1. The average molecular weight is 469 g/mol. The minimum absolute atomic E-state index is 0.107. The summed E-state index contributed by atoms with van der Waals surface area (Å²) in [5.74, 6) is 1.17. The van der Waals surface area contributed by atoms with Gasteiger partial charge >= 0.3 is 0 Å². The topological polar surface area (TPSA) is 92.1 Å². The van der Waals surface area contributed by atoms with Crippen LogP contribution in [0.25, 0.3) is 10.2 Å². The number of thiophene rings is 1. The van der Waals surface area contributed by atoms with Gasteiger partial charge in [-0.3, -0.25) is 9.59 Å². The largest absolute Gasteiger partial charge is 0.443 e. The maximum absolute atomic E-state index is 13.5. The average Bonchev–Trinajstić information content (AvgIpc) is 3.38. The van der Waals surface area contributed by atoms with Crippen LogP contribution in [0.15, 0.2) is 46.0 Å². The van der Waals surface area contributed by atoms with Crippen LogP contribution >= 0.6 is 22.9 Å². The Morgan fingerprint density at radius 1 is 1.34 bits per heavy atom. The molecule has 3 aromatic heterocycles. The van der Waals surface area contributed by atoms with Crippen molar-refractivity contribution in [3.8, 4) is 0 Å². The van der Waals surface area contributed by atoms with Gasteiger partial charge in [0.05, 0.1) is 22.8 Å². The highest BCUT2D eigenvalue weighted by Gasteiger charge is 2.34. The zero-order valence-electron chi connectivity index (χ0n) is 17.4. The minimum atomic E-state index is -0.236. The van der Waals surface area contributed by atoms with E-state index in [1.165, 1.54) is 17.7 Å². The molecular weight excluding hydrogens is 448 g/mol. The lowest BCUT2D eigenvalue weighted by atomic mass is 10.0. The third-order valence-corrected chi connectivity index (χ3v) is 7.24. The summed E-state index contributed by atoms with van der Waals surface area (Å²) in [5, 5.41) is 1.16. The maximum atomic E-state index is 13.5. The number of rotatable bonds is 4. The molecule has 1 N–H and O–H groups in total. The van der Waals surface area contributed by atoms with Crippen molar-refractivity contribution in [1.29, 1.82) is 0 Å². The molecule has 0 spiro atoms. The smallest absolute Gasteiger partial charge is 0.264 e. The summed E-state index contributed by atoms with van der Waals surface area (Å²) >= 11 is 7.35. The van der Waals surface area contributed by atoms with Crippen LogP contribution in [0.1, 0.15) is 57.8 Å². The van der Waals surface area contributed by atoms with Gasteiger partial charge in [0.2, 0.25) is 5.89 Å². The van der Waals surface area contributed by atoms with E-state index in [4.69, 9.17) is 16.0 Å². The number of likely N-dealkylation sites (tertiary alicyclic amines) is 1. The third-order valence-electron chi connectivity index (χ3n) is 5.81. The van der Waals surface area contributed by atoms with Crippen LogP contribution < -0.4 is 5.56 Å². The van der Waals surface area contributed by atoms with E-state index in [2.05, 4.69) is 15.0 Å². The van der Waals surface area contributed by atoms with Gasteiger partial charge in [-0.25, -0.2) is 9.97 Å². The van der Waals surface area contributed by atoms with Gasteiger partial charge in [-0.2, -0.15) is 0 Å². The molecule has 1 aliphatic rings. The van der Waals surface area contributed by atoms with E-state index in [9.17, 15) is 9.59 Å². The number of benzene rings is 1. The molecule has 0 unspecified atom stereocenters. The highest BCUT2D eigenvalue weighted by Crippen LogP contribution is 2.35. The molecule has 4 aromatic rings. The lowest BCUT2D eigenvalue weighted by Crippen LogP contribution is -2.38. The van der Waals surface area contributed by atoms with Gasteiger partial charge in [0.15, 0.2) is 0 Å². The van der Waals surface area contributed by atoms with Crippen molar-refractivity contribution in [3.05, 3.63) is 79.8 Å². The Balaban J connectivity index is 1.43. The molecule has 1 saturated heterocycles. The lowest BCUT2D eigenvalue weighted by molar-refractivity contribution is 0.0574. The Morgan fingerprint density at radius 3 is 3.03 bits per heavy atom. The number of carbonyl (C=O) groups is 1. The Hall–Kier alpha value is -2.97. The fourth-order valence-electron chi connectivity index (χ4n) is 4.25. The third kappa shape index (κ3) is 3.84. The van der Waals surface area contributed by atoms with Crippen LogP contribution in [-0.2, 0) is 6.42 Å². The normalized spacial score (nSPS) is 16.6. The molecule has 164 valence electrons. The van der Waals surface area contributed by atoms with Gasteiger partial charge in [0.25, 0.3) is 11.5 Å². The first-order valence-corrected chi connectivity index (χ1v) is 11.7. The molecular formula is C23H21ClN4O3S. The maximum Gasteiger partial charge on any atom is 0.264 e. The molecule has 4 heterocycles. The standard InChI is InChI=1S/C23H21ClN4O3S/c1-13-18-20(29)26-12-27-22(18)32-19(13)23(30)28-8-3-2-7-17(28)21-25-11-16(31-21)10-14-5-4-6-15(24)9-14/h4-6,9,11-12,17H,2-3,7-8,10H2,1H3,(H,26,27,29)/t17-/m0/s1. The van der Waals surface area contributed by atoms with Crippen LogP contribution in [0, 0.1) is 6.92 Å². The number of amides is 1. The molecule has 0 aliphatic carbocycles. The van der Waals surface area contributed by atoms with Crippen LogP contribution in [-0.4, -0.2) is 32.3 Å². The number of oxazole rings is 1. The molecule has 9 heteroatoms. The summed E-state index contributed by atoms with van der Waals surface area (Å²) < 4.78 is 6.08. The summed E-state index contributed by atoms with van der Waals surface area (Å²) in [6.07, 6.45) is 6.37. The molecule has 0 bridgehead atoms. The zero-order valence-corrected chi connectivity index (χ0v) is 19.0. The number of carbonyl (C=O) groups excluding carboxylic acids is 1. The first kappa shape index (κ1) is 20.9. The minimum Gasteiger partial charge on any atom is -0.443 e. The number of aromatic nitrogens is 3. The molecule has 1 amide bonds. The highest BCUT2D eigenvalue weighted by molar-refractivity contribution is 7.20. The second-order valence-electron chi connectivity index (χ2n) is 7.95. The van der Waals surface area contributed by atoms with Gasteiger partial charge in [-0.1, -0.05) is 23.7 Å². The quantitative estimate of drug-likeness (QED) is 0.460. The number of hydrogen-bond donors (Lipinski definition) is 1. The predicted octanol–water partition coefficient (Wildman–Crippen LogP) is 4.89. The van der Waals surface area contributed by atoms with E-state index in [0.29, 0.717) is 44.5 Å². The van der Waals surface area contributed by atoms with Crippen LogP contribution in [0.4, 0.5) is 0 Å². The van der Waals surface area contributed by atoms with Crippen LogP contribution in [0.3, 0.4) is 0 Å². The molecule has 7 nitrogen and oxygen atoms in total. The number of aryl methyl sites for hydroxylation is 1. The SMILES string of the molecule is Cc1c(C(=O)N2CCCC[C@H]2c2ncc(Cc3cccc(Cl)c3)o2)sc2nc[nH]c(=O)c12. The number of hydrogen-bond acceptors (Lipinski definition) is 6.